The van der Waals surface area contributed by atoms with E-state index in [9.17, 15) is 4.79 Å². The maximum absolute atomic E-state index is 12.2. The Morgan fingerprint density at radius 2 is 1.97 bits per heavy atom. The highest BCUT2D eigenvalue weighted by atomic mass is 32.2. The van der Waals surface area contributed by atoms with Gasteiger partial charge in [0.05, 0.1) is 6.10 Å². The van der Waals surface area contributed by atoms with E-state index in [0.29, 0.717) is 19.1 Å². The van der Waals surface area contributed by atoms with Gasteiger partial charge < -0.3 is 19.4 Å². The fraction of sp³-hybridized carbons (Fsp3) is 0.522. The molecule has 2 aromatic rings. The van der Waals surface area contributed by atoms with Gasteiger partial charge in [0, 0.05) is 49.4 Å². The average molecular weight is 442 g/mol. The summed E-state index contributed by atoms with van der Waals surface area (Å²) in [6, 6.07) is 9.07. The molecule has 1 aromatic heterocycles. The molecule has 2 aliphatic rings. The van der Waals surface area contributed by atoms with Crippen LogP contribution >= 0.6 is 11.8 Å². The summed E-state index contributed by atoms with van der Waals surface area (Å²) in [5.74, 6) is 1.85. The molecule has 1 amide bonds. The van der Waals surface area contributed by atoms with Crippen LogP contribution in [0.4, 0.5) is 22.1 Å². The van der Waals surface area contributed by atoms with Crippen LogP contribution in [0, 0.1) is 0 Å². The van der Waals surface area contributed by atoms with Gasteiger partial charge in [0.2, 0.25) is 0 Å². The number of piperidine rings is 1. The molecule has 0 spiro atoms. The highest BCUT2D eigenvalue weighted by Gasteiger charge is 2.28. The topological polar surface area (TPSA) is 61.8 Å². The van der Waals surface area contributed by atoms with Crippen LogP contribution in [-0.4, -0.2) is 66.0 Å². The first-order chi connectivity index (χ1) is 15.0. The van der Waals surface area contributed by atoms with Crippen LogP contribution < -0.4 is 9.80 Å². The molecule has 8 heteroatoms. The van der Waals surface area contributed by atoms with Crippen molar-refractivity contribution in [3.05, 3.63) is 36.2 Å². The van der Waals surface area contributed by atoms with Crippen molar-refractivity contribution in [2.24, 2.45) is 0 Å². The van der Waals surface area contributed by atoms with Gasteiger partial charge in [0.15, 0.2) is 0 Å². The lowest BCUT2D eigenvalue weighted by molar-refractivity contribution is 0.0692. The molecular formula is C23H31N5O2S. The number of thioether (sulfide) groups is 1. The van der Waals surface area contributed by atoms with Crippen LogP contribution in [0.2, 0.25) is 0 Å². The maximum Gasteiger partial charge on any atom is 0.410 e. The summed E-state index contributed by atoms with van der Waals surface area (Å²) in [5.41, 5.74) is 2.61. The van der Waals surface area contributed by atoms with Crippen molar-refractivity contribution in [3.63, 3.8) is 0 Å². The number of hydrogen-bond acceptors (Lipinski definition) is 7. The van der Waals surface area contributed by atoms with Gasteiger partial charge in [-0.1, -0.05) is 0 Å². The quantitative estimate of drug-likeness (QED) is 0.640. The summed E-state index contributed by atoms with van der Waals surface area (Å²) in [5, 5.41) is 0. The fourth-order valence-corrected chi connectivity index (χ4v) is 4.78. The number of carbonyl (C=O) groups excluding carboxylic acids is 1. The van der Waals surface area contributed by atoms with Gasteiger partial charge in [0.25, 0.3) is 0 Å². The van der Waals surface area contributed by atoms with Crippen LogP contribution in [0.1, 0.15) is 32.3 Å². The zero-order chi connectivity index (χ0) is 22.0. The fourth-order valence-electron chi connectivity index (χ4n) is 4.32. The van der Waals surface area contributed by atoms with E-state index in [1.807, 2.05) is 13.8 Å². The number of carbonyl (C=O) groups is 1. The Labute approximate surface area is 188 Å². The van der Waals surface area contributed by atoms with E-state index in [1.54, 1.807) is 23.0 Å². The van der Waals surface area contributed by atoms with Crippen molar-refractivity contribution in [3.8, 4) is 0 Å². The second-order valence-electron chi connectivity index (χ2n) is 8.39. The van der Waals surface area contributed by atoms with Crippen molar-refractivity contribution in [2.45, 2.75) is 50.2 Å². The van der Waals surface area contributed by atoms with Gasteiger partial charge in [-0.05, 0) is 63.1 Å². The molecule has 1 fully saturated rings. The number of fused-ring (bicyclic) bond motifs is 1. The summed E-state index contributed by atoms with van der Waals surface area (Å²) in [4.78, 5) is 28.9. The van der Waals surface area contributed by atoms with Gasteiger partial charge in [-0.25, -0.2) is 14.8 Å². The van der Waals surface area contributed by atoms with Crippen LogP contribution in [0.3, 0.4) is 0 Å². The van der Waals surface area contributed by atoms with Gasteiger partial charge in [-0.2, -0.15) is 0 Å². The second kappa shape index (κ2) is 9.34. The summed E-state index contributed by atoms with van der Waals surface area (Å²) in [6.07, 6.45) is 6.29. The van der Waals surface area contributed by atoms with Gasteiger partial charge in [0.1, 0.15) is 18.0 Å². The Morgan fingerprint density at radius 1 is 1.19 bits per heavy atom. The molecule has 1 saturated heterocycles. The van der Waals surface area contributed by atoms with Crippen LogP contribution in [0.5, 0.6) is 0 Å². The second-order valence-corrected chi connectivity index (χ2v) is 9.27. The average Bonchev–Trinajstić information content (AvgIpc) is 3.21. The molecule has 0 saturated carbocycles. The monoisotopic (exact) mass is 441 g/mol. The van der Waals surface area contributed by atoms with E-state index in [4.69, 9.17) is 4.74 Å². The van der Waals surface area contributed by atoms with Crippen molar-refractivity contribution >= 4 is 35.2 Å². The van der Waals surface area contributed by atoms with Crippen LogP contribution in [0.25, 0.3) is 0 Å². The molecule has 0 aliphatic carbocycles. The molecular weight excluding hydrogens is 410 g/mol. The third-order valence-electron chi connectivity index (χ3n) is 6.07. The number of amides is 1. The predicted molar refractivity (Wildman–Crippen MR) is 126 cm³/mol. The molecule has 3 heterocycles. The minimum absolute atomic E-state index is 0.0876. The van der Waals surface area contributed by atoms with Crippen molar-refractivity contribution in [1.82, 2.24) is 14.9 Å². The number of ether oxygens (including phenoxy) is 1. The lowest BCUT2D eigenvalue weighted by Gasteiger charge is -2.37. The predicted octanol–water partition coefficient (Wildman–Crippen LogP) is 4.34. The molecule has 0 atom stereocenters. The highest BCUT2D eigenvalue weighted by molar-refractivity contribution is 7.98. The molecule has 1 aromatic carbocycles. The van der Waals surface area contributed by atoms with Crippen molar-refractivity contribution in [1.29, 1.82) is 0 Å². The minimum atomic E-state index is -0.210. The third kappa shape index (κ3) is 4.74. The molecule has 0 radical (unpaired) electrons. The standard InChI is InChI=1S/C23H31N5O2S/c1-16(2)30-23(29)27-10-8-18(9-11-27)26(3)21-14-22(25-15-24-21)28-12-7-17-13-19(31-4)5-6-20(17)28/h5-6,13-16,18H,7-12H2,1-4H3. The Morgan fingerprint density at radius 3 is 2.68 bits per heavy atom. The molecule has 4 rings (SSSR count). The molecule has 166 valence electrons. The van der Waals surface area contributed by atoms with Crippen LogP contribution in [0.15, 0.2) is 35.5 Å². The van der Waals surface area contributed by atoms with E-state index >= 15 is 0 Å². The van der Waals surface area contributed by atoms with E-state index in [0.717, 1.165) is 37.4 Å². The number of rotatable bonds is 5. The molecule has 7 nitrogen and oxygen atoms in total. The lowest BCUT2D eigenvalue weighted by Crippen LogP contribution is -2.46. The smallest absolute Gasteiger partial charge is 0.410 e. The molecule has 0 N–H and O–H groups in total. The zero-order valence-corrected chi connectivity index (χ0v) is 19.6. The third-order valence-corrected chi connectivity index (χ3v) is 6.79. The Balaban J connectivity index is 1.43. The van der Waals surface area contributed by atoms with Crippen molar-refractivity contribution < 1.29 is 9.53 Å². The number of likely N-dealkylation sites (tertiary alicyclic amines) is 1. The molecule has 31 heavy (non-hydrogen) atoms. The number of benzene rings is 1. The Hall–Kier alpha value is -2.48. The van der Waals surface area contributed by atoms with Gasteiger partial charge >= 0.3 is 6.09 Å². The minimum Gasteiger partial charge on any atom is -0.447 e. The number of hydrogen-bond donors (Lipinski definition) is 0. The Bertz CT molecular complexity index is 930. The lowest BCUT2D eigenvalue weighted by atomic mass is 10.0. The summed E-state index contributed by atoms with van der Waals surface area (Å²) in [6.45, 7) is 6.10. The molecule has 2 aliphatic heterocycles. The number of anilines is 3. The normalized spacial score (nSPS) is 16.5. The maximum atomic E-state index is 12.2. The summed E-state index contributed by atoms with van der Waals surface area (Å²) in [7, 11) is 2.08. The summed E-state index contributed by atoms with van der Waals surface area (Å²) < 4.78 is 5.33. The largest absolute Gasteiger partial charge is 0.447 e. The van der Waals surface area contributed by atoms with E-state index in [1.165, 1.54) is 16.1 Å². The summed E-state index contributed by atoms with van der Waals surface area (Å²) >= 11 is 1.78. The van der Waals surface area contributed by atoms with E-state index in [-0.39, 0.29) is 12.2 Å². The molecule has 0 unspecified atom stereocenters. The number of nitrogens with zero attached hydrogens (tertiary/aromatic N) is 5. The first-order valence-corrected chi connectivity index (χ1v) is 12.1. The van der Waals surface area contributed by atoms with Gasteiger partial charge in [-0.15, -0.1) is 11.8 Å². The molecule has 0 bridgehead atoms. The van der Waals surface area contributed by atoms with Crippen LogP contribution in [-0.2, 0) is 11.2 Å². The first-order valence-electron chi connectivity index (χ1n) is 10.9. The highest BCUT2D eigenvalue weighted by Crippen LogP contribution is 2.36. The Kier molecular flexibility index (Phi) is 6.55. The zero-order valence-electron chi connectivity index (χ0n) is 18.7. The van der Waals surface area contributed by atoms with E-state index < -0.39 is 0 Å². The first kappa shape index (κ1) is 21.7. The van der Waals surface area contributed by atoms with Crippen molar-refractivity contribution in [2.75, 3.05) is 42.7 Å². The van der Waals surface area contributed by atoms with E-state index in [2.05, 4.69) is 57.3 Å². The van der Waals surface area contributed by atoms with Gasteiger partial charge in [-0.3, -0.25) is 0 Å². The number of aromatic nitrogens is 2. The SMILES string of the molecule is CSc1ccc2c(c1)CCN2c1cc(N(C)C2CCN(C(=O)OC(C)C)CC2)ncn1.